The number of cyclic esters (lactones) is 1. The van der Waals surface area contributed by atoms with Crippen LogP contribution < -0.4 is 10.8 Å². The summed E-state index contributed by atoms with van der Waals surface area (Å²) in [4.78, 5) is 11.3. The van der Waals surface area contributed by atoms with Gasteiger partial charge in [-0.1, -0.05) is 24.3 Å². The molecule has 1 amide bonds. The highest BCUT2D eigenvalue weighted by atomic mass is 16.7. The lowest BCUT2D eigenvalue weighted by molar-refractivity contribution is 0.00578. The van der Waals surface area contributed by atoms with Crippen LogP contribution in [-0.2, 0) is 14.0 Å². The molecule has 118 valence electrons. The minimum Gasteiger partial charge on any atom is -0.439 e. The highest BCUT2D eigenvalue weighted by Gasteiger charge is 2.51. The third kappa shape index (κ3) is 2.50. The molecule has 0 bridgehead atoms. The number of benzene rings is 1. The molecule has 2 saturated heterocycles. The Labute approximate surface area is 131 Å². The largest absolute Gasteiger partial charge is 0.494 e. The summed E-state index contributed by atoms with van der Waals surface area (Å²) in [5, 5.41) is 2.75. The Kier molecular flexibility index (Phi) is 3.49. The first-order chi connectivity index (χ1) is 10.2. The van der Waals surface area contributed by atoms with Gasteiger partial charge in [0, 0.05) is 0 Å². The molecular formula is C16H22BNO4. The highest BCUT2D eigenvalue weighted by Crippen LogP contribution is 2.36. The maximum atomic E-state index is 11.3. The van der Waals surface area contributed by atoms with Crippen LogP contribution in [0.5, 0.6) is 0 Å². The van der Waals surface area contributed by atoms with Crippen LogP contribution in [-0.4, -0.2) is 30.5 Å². The average molecular weight is 303 g/mol. The number of carbonyl (C=O) groups is 1. The Bertz CT molecular complexity index is 568. The zero-order valence-electron chi connectivity index (χ0n) is 13.7. The van der Waals surface area contributed by atoms with Crippen molar-refractivity contribution in [3.05, 3.63) is 29.8 Å². The summed E-state index contributed by atoms with van der Waals surface area (Å²) in [5.41, 5.74) is 1.23. The van der Waals surface area contributed by atoms with Gasteiger partial charge in [-0.05, 0) is 45.6 Å². The van der Waals surface area contributed by atoms with E-state index in [0.29, 0.717) is 0 Å². The predicted octanol–water partition coefficient (Wildman–Crippen LogP) is 2.16. The van der Waals surface area contributed by atoms with Crippen LogP contribution in [0, 0.1) is 0 Å². The van der Waals surface area contributed by atoms with E-state index in [0.717, 1.165) is 11.0 Å². The second kappa shape index (κ2) is 5.00. The average Bonchev–Trinajstić information content (AvgIpc) is 2.86. The number of amides is 1. The van der Waals surface area contributed by atoms with Gasteiger partial charge in [0.05, 0.1) is 17.2 Å². The van der Waals surface area contributed by atoms with Crippen LogP contribution in [0.2, 0.25) is 0 Å². The molecule has 1 aromatic carbocycles. The molecular weight excluding hydrogens is 281 g/mol. The second-order valence-corrected chi connectivity index (χ2v) is 7.01. The van der Waals surface area contributed by atoms with Crippen LogP contribution in [0.25, 0.3) is 0 Å². The fourth-order valence-corrected chi connectivity index (χ4v) is 2.69. The first-order valence-electron chi connectivity index (χ1n) is 7.62. The topological polar surface area (TPSA) is 56.8 Å². The summed E-state index contributed by atoms with van der Waals surface area (Å²) in [6.45, 7) is 10.1. The van der Waals surface area contributed by atoms with E-state index in [2.05, 4.69) is 5.32 Å². The molecule has 0 radical (unpaired) electrons. The van der Waals surface area contributed by atoms with E-state index < -0.39 is 0 Å². The van der Waals surface area contributed by atoms with E-state index in [4.69, 9.17) is 14.0 Å². The van der Waals surface area contributed by atoms with Crippen molar-refractivity contribution in [3.63, 3.8) is 0 Å². The number of hydrogen-bond donors (Lipinski definition) is 1. The molecule has 2 heterocycles. The SMILES string of the molecule is CC1NC(=O)OC1c1ccc(B2OC(C)(C)C(C)(C)O2)cc1. The van der Waals surface area contributed by atoms with E-state index >= 15 is 0 Å². The molecule has 22 heavy (non-hydrogen) atoms. The zero-order valence-corrected chi connectivity index (χ0v) is 13.7. The smallest absolute Gasteiger partial charge is 0.439 e. The highest BCUT2D eigenvalue weighted by molar-refractivity contribution is 6.62. The number of rotatable bonds is 2. The molecule has 2 unspecified atom stereocenters. The normalized spacial score (nSPS) is 29.3. The predicted molar refractivity (Wildman–Crippen MR) is 84.0 cm³/mol. The standard InChI is InChI=1S/C16H22BNO4/c1-10-13(20-14(19)18-10)11-6-8-12(9-7-11)17-21-15(2,3)16(4,5)22-17/h6-10,13H,1-5H3,(H,18,19). The van der Waals surface area contributed by atoms with Crippen molar-refractivity contribution in [2.45, 2.75) is 58.0 Å². The van der Waals surface area contributed by atoms with Crippen molar-refractivity contribution < 1.29 is 18.8 Å². The number of ether oxygens (including phenoxy) is 1. The summed E-state index contributed by atoms with van der Waals surface area (Å²) < 4.78 is 17.3. The van der Waals surface area contributed by atoms with Crippen LogP contribution in [0.3, 0.4) is 0 Å². The molecule has 1 N–H and O–H groups in total. The molecule has 2 atom stereocenters. The lowest BCUT2D eigenvalue weighted by Crippen LogP contribution is -2.41. The molecule has 2 fully saturated rings. The first kappa shape index (κ1) is 15.4. The summed E-state index contributed by atoms with van der Waals surface area (Å²) in [6.07, 6.45) is -0.618. The minimum absolute atomic E-state index is 0.0322. The van der Waals surface area contributed by atoms with Gasteiger partial charge in [-0.2, -0.15) is 0 Å². The summed E-state index contributed by atoms with van der Waals surface area (Å²) in [6, 6.07) is 7.83. The molecule has 1 aromatic rings. The Hall–Kier alpha value is -1.53. The molecule has 5 nitrogen and oxygen atoms in total. The van der Waals surface area contributed by atoms with Crippen LogP contribution in [0.1, 0.15) is 46.3 Å². The zero-order chi connectivity index (χ0) is 16.1. The van der Waals surface area contributed by atoms with Gasteiger partial charge in [0.2, 0.25) is 0 Å². The van der Waals surface area contributed by atoms with E-state index in [1.165, 1.54) is 0 Å². The lowest BCUT2D eigenvalue weighted by atomic mass is 9.78. The van der Waals surface area contributed by atoms with Gasteiger partial charge in [0.1, 0.15) is 6.10 Å². The third-order valence-electron chi connectivity index (χ3n) is 4.82. The van der Waals surface area contributed by atoms with E-state index in [-0.39, 0.29) is 36.6 Å². The van der Waals surface area contributed by atoms with Gasteiger partial charge < -0.3 is 19.4 Å². The fourth-order valence-electron chi connectivity index (χ4n) is 2.69. The molecule has 0 aromatic heterocycles. The van der Waals surface area contributed by atoms with Gasteiger partial charge in [-0.3, -0.25) is 0 Å². The monoisotopic (exact) mass is 303 g/mol. The molecule has 6 heteroatoms. The maximum Gasteiger partial charge on any atom is 0.494 e. The minimum atomic E-state index is -0.374. The Morgan fingerprint density at radius 1 is 1.05 bits per heavy atom. The maximum absolute atomic E-state index is 11.3. The number of nitrogens with one attached hydrogen (secondary N) is 1. The number of hydrogen-bond acceptors (Lipinski definition) is 4. The Morgan fingerprint density at radius 2 is 1.59 bits per heavy atom. The van der Waals surface area contributed by atoms with Crippen molar-refractivity contribution in [1.82, 2.24) is 5.32 Å². The summed E-state index contributed by atoms with van der Waals surface area (Å²) in [5.74, 6) is 0. The van der Waals surface area contributed by atoms with Crippen molar-refractivity contribution in [2.75, 3.05) is 0 Å². The van der Waals surface area contributed by atoms with Crippen molar-refractivity contribution in [2.24, 2.45) is 0 Å². The van der Waals surface area contributed by atoms with Crippen LogP contribution >= 0.6 is 0 Å². The van der Waals surface area contributed by atoms with Gasteiger partial charge in [0.25, 0.3) is 0 Å². The molecule has 3 rings (SSSR count). The van der Waals surface area contributed by atoms with Crippen molar-refractivity contribution in [1.29, 1.82) is 0 Å². The van der Waals surface area contributed by atoms with Crippen molar-refractivity contribution in [3.8, 4) is 0 Å². The fraction of sp³-hybridized carbons (Fsp3) is 0.562. The lowest BCUT2D eigenvalue weighted by Gasteiger charge is -2.32. The number of carbonyl (C=O) groups excluding carboxylic acids is 1. The van der Waals surface area contributed by atoms with Gasteiger partial charge >= 0.3 is 13.2 Å². The van der Waals surface area contributed by atoms with E-state index in [1.807, 2.05) is 58.9 Å². The van der Waals surface area contributed by atoms with Crippen LogP contribution in [0.4, 0.5) is 4.79 Å². The molecule has 0 aliphatic carbocycles. The summed E-state index contributed by atoms with van der Waals surface area (Å²) in [7, 11) is -0.374. The van der Waals surface area contributed by atoms with Gasteiger partial charge in [0.15, 0.2) is 0 Å². The van der Waals surface area contributed by atoms with Gasteiger partial charge in [-0.15, -0.1) is 0 Å². The molecule has 0 spiro atoms. The number of alkyl carbamates (subject to hydrolysis) is 1. The van der Waals surface area contributed by atoms with Gasteiger partial charge in [-0.25, -0.2) is 4.79 Å². The van der Waals surface area contributed by atoms with Crippen LogP contribution in [0.15, 0.2) is 24.3 Å². The summed E-state index contributed by atoms with van der Waals surface area (Å²) >= 11 is 0. The molecule has 2 aliphatic rings. The third-order valence-corrected chi connectivity index (χ3v) is 4.82. The second-order valence-electron chi connectivity index (χ2n) is 7.01. The van der Waals surface area contributed by atoms with E-state index in [9.17, 15) is 4.79 Å². The first-order valence-corrected chi connectivity index (χ1v) is 7.62. The Morgan fingerprint density at radius 3 is 2.05 bits per heavy atom. The molecule has 2 aliphatic heterocycles. The Balaban J connectivity index is 1.77. The van der Waals surface area contributed by atoms with Crippen molar-refractivity contribution >= 4 is 18.7 Å². The van der Waals surface area contributed by atoms with E-state index in [1.54, 1.807) is 0 Å². The quantitative estimate of drug-likeness (QED) is 0.851. The molecule has 0 saturated carbocycles.